The number of halogens is 1. The summed E-state index contributed by atoms with van der Waals surface area (Å²) < 4.78 is 6.67. The van der Waals surface area contributed by atoms with Crippen LogP contribution in [-0.4, -0.2) is 40.4 Å². The molecule has 3 rings (SSSR count). The molecule has 1 spiro atoms. The number of fused-ring (bicyclic) bond motifs is 2. The highest BCUT2D eigenvalue weighted by molar-refractivity contribution is 7.16. The van der Waals surface area contributed by atoms with Gasteiger partial charge in [-0.1, -0.05) is 11.6 Å². The molecule has 21 heavy (non-hydrogen) atoms. The molecule has 0 bridgehead atoms. The standard InChI is InChI=1S/C14H18ClNO4S/c1-7-5-14(3-4-16(7)13(18)19)11-10(9(17)6-20-14)8(2)12(15)21-11/h7,9,17H,3-6H2,1-2H3,(H,18,19)/t7-,9?,14+/m0/s1. The summed E-state index contributed by atoms with van der Waals surface area (Å²) >= 11 is 7.70. The molecule has 1 fully saturated rings. The fourth-order valence-electron chi connectivity index (χ4n) is 3.46. The van der Waals surface area contributed by atoms with Crippen LogP contribution in [-0.2, 0) is 10.3 Å². The van der Waals surface area contributed by atoms with Crippen molar-refractivity contribution in [3.8, 4) is 0 Å². The monoisotopic (exact) mass is 331 g/mol. The van der Waals surface area contributed by atoms with Crippen molar-refractivity contribution in [3.05, 3.63) is 20.3 Å². The Morgan fingerprint density at radius 3 is 2.90 bits per heavy atom. The van der Waals surface area contributed by atoms with Crippen molar-refractivity contribution in [1.82, 2.24) is 4.90 Å². The number of nitrogens with zero attached hydrogens (tertiary/aromatic N) is 1. The zero-order valence-electron chi connectivity index (χ0n) is 11.9. The Kier molecular flexibility index (Phi) is 3.68. The van der Waals surface area contributed by atoms with E-state index in [4.69, 9.17) is 16.3 Å². The number of amides is 1. The van der Waals surface area contributed by atoms with Gasteiger partial charge in [-0.25, -0.2) is 4.79 Å². The van der Waals surface area contributed by atoms with Crippen LogP contribution in [0.25, 0.3) is 0 Å². The molecule has 2 N–H and O–H groups in total. The van der Waals surface area contributed by atoms with Gasteiger partial charge in [-0.2, -0.15) is 0 Å². The van der Waals surface area contributed by atoms with Gasteiger partial charge in [0.25, 0.3) is 0 Å². The van der Waals surface area contributed by atoms with Crippen LogP contribution in [0.2, 0.25) is 4.34 Å². The van der Waals surface area contributed by atoms with Crippen LogP contribution in [0.15, 0.2) is 0 Å². The molecule has 1 amide bonds. The third-order valence-corrected chi connectivity index (χ3v) is 6.36. The molecular formula is C14H18ClNO4S. The van der Waals surface area contributed by atoms with Crippen LogP contribution < -0.4 is 0 Å². The number of hydrogen-bond donors (Lipinski definition) is 2. The quantitative estimate of drug-likeness (QED) is 0.766. The van der Waals surface area contributed by atoms with Crippen molar-refractivity contribution in [2.45, 2.75) is 44.4 Å². The summed E-state index contributed by atoms with van der Waals surface area (Å²) in [5.74, 6) is 0. The SMILES string of the molecule is Cc1c(Cl)sc2c1C(O)CO[C@@]21CCN(C(=O)O)[C@@H](C)C1. The lowest BCUT2D eigenvalue weighted by atomic mass is 9.81. The largest absolute Gasteiger partial charge is 0.465 e. The Bertz CT molecular complexity index is 590. The molecule has 5 nitrogen and oxygen atoms in total. The number of hydrogen-bond acceptors (Lipinski definition) is 4. The second-order valence-corrected chi connectivity index (χ2v) is 7.47. The fraction of sp³-hybridized carbons (Fsp3) is 0.643. The van der Waals surface area contributed by atoms with E-state index in [2.05, 4.69) is 0 Å². The van der Waals surface area contributed by atoms with Crippen molar-refractivity contribution in [3.63, 3.8) is 0 Å². The summed E-state index contributed by atoms with van der Waals surface area (Å²) in [6.45, 7) is 4.47. The molecule has 2 aliphatic rings. The summed E-state index contributed by atoms with van der Waals surface area (Å²) in [4.78, 5) is 13.6. The third kappa shape index (κ3) is 2.25. The van der Waals surface area contributed by atoms with E-state index >= 15 is 0 Å². The van der Waals surface area contributed by atoms with Crippen molar-refractivity contribution in [1.29, 1.82) is 0 Å². The first-order valence-electron chi connectivity index (χ1n) is 6.96. The first kappa shape index (κ1) is 15.1. The second kappa shape index (κ2) is 5.12. The summed E-state index contributed by atoms with van der Waals surface area (Å²) in [6, 6.07) is -0.125. The maximum atomic E-state index is 11.2. The number of rotatable bonds is 0. The molecular weight excluding hydrogens is 314 g/mol. The molecule has 7 heteroatoms. The number of thiophene rings is 1. The van der Waals surface area contributed by atoms with E-state index in [1.54, 1.807) is 0 Å². The smallest absolute Gasteiger partial charge is 0.407 e. The lowest BCUT2D eigenvalue weighted by molar-refractivity contribution is -0.134. The lowest BCUT2D eigenvalue weighted by Gasteiger charge is -2.46. The number of carboxylic acid groups (broad SMARTS) is 1. The summed E-state index contributed by atoms with van der Waals surface area (Å²) in [6.07, 6.45) is -0.356. The highest BCUT2D eigenvalue weighted by Crippen LogP contribution is 2.51. The predicted octanol–water partition coefficient (Wildman–Crippen LogP) is 3.13. The molecule has 0 radical (unpaired) electrons. The van der Waals surface area contributed by atoms with Gasteiger partial charge in [0, 0.05) is 29.4 Å². The van der Waals surface area contributed by atoms with Gasteiger partial charge in [-0.15, -0.1) is 11.3 Å². The minimum Gasteiger partial charge on any atom is -0.465 e. The maximum absolute atomic E-state index is 11.2. The fourth-order valence-corrected chi connectivity index (χ4v) is 5.06. The minimum absolute atomic E-state index is 0.125. The minimum atomic E-state index is -0.895. The molecule has 2 aliphatic heterocycles. The Balaban J connectivity index is 2.00. The lowest BCUT2D eigenvalue weighted by Crippen LogP contribution is -2.52. The van der Waals surface area contributed by atoms with Gasteiger partial charge in [0.2, 0.25) is 0 Å². The molecule has 0 aromatic carbocycles. The number of aliphatic hydroxyl groups excluding tert-OH is 1. The number of likely N-dealkylation sites (tertiary alicyclic amines) is 1. The van der Waals surface area contributed by atoms with Crippen LogP contribution >= 0.6 is 22.9 Å². The van der Waals surface area contributed by atoms with E-state index < -0.39 is 17.8 Å². The van der Waals surface area contributed by atoms with Crippen LogP contribution in [0.4, 0.5) is 4.79 Å². The van der Waals surface area contributed by atoms with E-state index in [-0.39, 0.29) is 12.6 Å². The van der Waals surface area contributed by atoms with Crippen molar-refractivity contribution >= 4 is 29.0 Å². The predicted molar refractivity (Wildman–Crippen MR) is 80.1 cm³/mol. The van der Waals surface area contributed by atoms with Gasteiger partial charge in [0.05, 0.1) is 10.9 Å². The zero-order valence-corrected chi connectivity index (χ0v) is 13.5. The number of aliphatic hydroxyl groups is 1. The number of ether oxygens (including phenoxy) is 1. The third-order valence-electron chi connectivity index (χ3n) is 4.56. The van der Waals surface area contributed by atoms with Gasteiger partial charge >= 0.3 is 6.09 Å². The van der Waals surface area contributed by atoms with E-state index in [9.17, 15) is 15.0 Å². The molecule has 1 aromatic heterocycles. The average molecular weight is 332 g/mol. The molecule has 116 valence electrons. The Morgan fingerprint density at radius 1 is 1.57 bits per heavy atom. The summed E-state index contributed by atoms with van der Waals surface area (Å²) in [5.41, 5.74) is 1.29. The summed E-state index contributed by atoms with van der Waals surface area (Å²) in [5, 5.41) is 19.4. The van der Waals surface area contributed by atoms with Gasteiger partial charge in [0.15, 0.2) is 0 Å². The Morgan fingerprint density at radius 2 is 2.29 bits per heavy atom. The van der Waals surface area contributed by atoms with E-state index in [1.807, 2.05) is 13.8 Å². The van der Waals surface area contributed by atoms with E-state index in [0.29, 0.717) is 23.7 Å². The van der Waals surface area contributed by atoms with Crippen LogP contribution in [0.3, 0.4) is 0 Å². The molecule has 3 atom stereocenters. The first-order chi connectivity index (χ1) is 9.85. The van der Waals surface area contributed by atoms with Gasteiger partial charge in [-0.3, -0.25) is 0 Å². The van der Waals surface area contributed by atoms with Crippen molar-refractivity contribution in [2.24, 2.45) is 0 Å². The molecule has 1 unspecified atom stereocenters. The van der Waals surface area contributed by atoms with Crippen LogP contribution in [0.1, 0.15) is 41.9 Å². The van der Waals surface area contributed by atoms with Gasteiger partial charge < -0.3 is 19.8 Å². The summed E-state index contributed by atoms with van der Waals surface area (Å²) in [7, 11) is 0. The van der Waals surface area contributed by atoms with Crippen molar-refractivity contribution < 1.29 is 19.7 Å². The molecule has 1 saturated heterocycles. The average Bonchev–Trinajstić information content (AvgIpc) is 2.72. The Labute approximate surface area is 132 Å². The number of carbonyl (C=O) groups is 1. The highest BCUT2D eigenvalue weighted by atomic mass is 35.5. The highest BCUT2D eigenvalue weighted by Gasteiger charge is 2.48. The van der Waals surface area contributed by atoms with Crippen molar-refractivity contribution in [2.75, 3.05) is 13.2 Å². The molecule has 1 aromatic rings. The molecule has 0 aliphatic carbocycles. The van der Waals surface area contributed by atoms with Crippen LogP contribution in [0, 0.1) is 6.92 Å². The van der Waals surface area contributed by atoms with Crippen LogP contribution in [0.5, 0.6) is 0 Å². The Hall–Kier alpha value is -0.820. The van der Waals surface area contributed by atoms with E-state index in [0.717, 1.165) is 16.0 Å². The maximum Gasteiger partial charge on any atom is 0.407 e. The molecule has 3 heterocycles. The second-order valence-electron chi connectivity index (χ2n) is 5.84. The zero-order chi connectivity index (χ0) is 15.4. The molecule has 0 saturated carbocycles. The van der Waals surface area contributed by atoms with Gasteiger partial charge in [-0.05, 0) is 25.8 Å². The first-order valence-corrected chi connectivity index (χ1v) is 8.16. The topological polar surface area (TPSA) is 70.0 Å². The normalized spacial score (nSPS) is 32.3. The van der Waals surface area contributed by atoms with E-state index in [1.165, 1.54) is 16.2 Å². The van der Waals surface area contributed by atoms with Gasteiger partial charge in [0.1, 0.15) is 11.7 Å². The number of piperidine rings is 1.